The molecule has 0 amide bonds. The van der Waals surface area contributed by atoms with Crippen LogP contribution in [0.2, 0.25) is 0 Å². The largest absolute Gasteiger partial charge is 0.694 e. The second-order valence-electron chi connectivity index (χ2n) is 3.65. The zero-order valence-electron chi connectivity index (χ0n) is 9.02. The van der Waals surface area contributed by atoms with E-state index in [1.54, 1.807) is 6.92 Å². The minimum Gasteiger partial charge on any atom is -0.390 e. The van der Waals surface area contributed by atoms with Crippen LogP contribution in [0.4, 0.5) is 0 Å². The summed E-state index contributed by atoms with van der Waals surface area (Å²) in [6.45, 7) is 1.39. The predicted octanol–water partition coefficient (Wildman–Crippen LogP) is -0.618. The SMILES string of the molecule is COC1OC(CO[P+](=O)O)C(O)C(O)C1C. The van der Waals surface area contributed by atoms with Crippen LogP contribution in [0, 0.1) is 5.92 Å². The van der Waals surface area contributed by atoms with E-state index in [0.717, 1.165) is 0 Å². The van der Waals surface area contributed by atoms with Gasteiger partial charge in [0.25, 0.3) is 0 Å². The van der Waals surface area contributed by atoms with Gasteiger partial charge in [-0.15, -0.1) is 9.42 Å². The molecule has 7 nitrogen and oxygen atoms in total. The van der Waals surface area contributed by atoms with E-state index in [4.69, 9.17) is 14.4 Å². The smallest absolute Gasteiger partial charge is 0.390 e. The summed E-state index contributed by atoms with van der Waals surface area (Å²) in [6, 6.07) is 0. The van der Waals surface area contributed by atoms with Crippen LogP contribution < -0.4 is 0 Å². The first kappa shape index (κ1) is 13.9. The Hall–Kier alpha value is -0.140. The van der Waals surface area contributed by atoms with E-state index < -0.39 is 32.9 Å². The van der Waals surface area contributed by atoms with Gasteiger partial charge in [0.05, 0.1) is 6.10 Å². The summed E-state index contributed by atoms with van der Waals surface area (Å²) in [5.41, 5.74) is 0. The maximum absolute atomic E-state index is 10.3. The number of aliphatic hydroxyl groups is 2. The normalized spacial score (nSPS) is 40.8. The third-order valence-electron chi connectivity index (χ3n) is 2.59. The quantitative estimate of drug-likeness (QED) is 0.575. The minimum atomic E-state index is -2.75. The van der Waals surface area contributed by atoms with Gasteiger partial charge in [-0.25, -0.2) is 0 Å². The van der Waals surface area contributed by atoms with E-state index in [1.165, 1.54) is 7.11 Å². The van der Waals surface area contributed by atoms with Crippen molar-refractivity contribution in [3.8, 4) is 0 Å². The molecule has 0 saturated carbocycles. The van der Waals surface area contributed by atoms with E-state index in [9.17, 15) is 14.8 Å². The first-order valence-corrected chi connectivity index (χ1v) is 5.93. The standard InChI is InChI=1S/C8H15O7P/c1-4-6(9)7(10)5(3-14-16(11)12)15-8(4)13-2/h4-10H,3H2,1-2H3/p+1. The van der Waals surface area contributed by atoms with E-state index in [1.807, 2.05) is 0 Å². The van der Waals surface area contributed by atoms with Crippen molar-refractivity contribution in [2.24, 2.45) is 5.92 Å². The molecule has 1 aliphatic heterocycles. The fraction of sp³-hybridized carbons (Fsp3) is 1.00. The minimum absolute atomic E-state index is 0.281. The summed E-state index contributed by atoms with van der Waals surface area (Å²) in [7, 11) is -1.34. The molecule has 6 unspecified atom stereocenters. The van der Waals surface area contributed by atoms with Crippen molar-refractivity contribution in [3.63, 3.8) is 0 Å². The second kappa shape index (κ2) is 5.97. The molecule has 0 aliphatic carbocycles. The summed E-state index contributed by atoms with van der Waals surface area (Å²) in [4.78, 5) is 8.47. The zero-order valence-corrected chi connectivity index (χ0v) is 9.91. The summed E-state index contributed by atoms with van der Waals surface area (Å²) < 4.78 is 25.0. The highest BCUT2D eigenvalue weighted by molar-refractivity contribution is 7.32. The van der Waals surface area contributed by atoms with Crippen molar-refractivity contribution in [1.82, 2.24) is 0 Å². The summed E-state index contributed by atoms with van der Waals surface area (Å²) in [5.74, 6) is -0.390. The van der Waals surface area contributed by atoms with Gasteiger partial charge in [0.1, 0.15) is 18.8 Å². The first-order chi connectivity index (χ1) is 7.47. The molecule has 0 aromatic heterocycles. The predicted molar refractivity (Wildman–Crippen MR) is 52.6 cm³/mol. The van der Waals surface area contributed by atoms with Gasteiger partial charge in [-0.05, 0) is 0 Å². The van der Waals surface area contributed by atoms with Gasteiger partial charge < -0.3 is 19.7 Å². The van der Waals surface area contributed by atoms with Crippen LogP contribution in [-0.4, -0.2) is 53.4 Å². The third-order valence-corrected chi connectivity index (χ3v) is 2.96. The number of hydrogen-bond donors (Lipinski definition) is 3. The lowest BCUT2D eigenvalue weighted by Gasteiger charge is -2.39. The van der Waals surface area contributed by atoms with E-state index in [-0.39, 0.29) is 12.5 Å². The van der Waals surface area contributed by atoms with Crippen LogP contribution in [-0.2, 0) is 18.6 Å². The summed E-state index contributed by atoms with van der Waals surface area (Å²) in [6.07, 6.45) is -3.76. The van der Waals surface area contributed by atoms with Gasteiger partial charge in [-0.3, -0.25) is 0 Å². The van der Waals surface area contributed by atoms with Gasteiger partial charge in [0.2, 0.25) is 0 Å². The Morgan fingerprint density at radius 2 is 2.00 bits per heavy atom. The van der Waals surface area contributed by atoms with Crippen LogP contribution in [0.3, 0.4) is 0 Å². The average Bonchev–Trinajstić information content (AvgIpc) is 2.25. The van der Waals surface area contributed by atoms with E-state index in [0.29, 0.717) is 0 Å². The van der Waals surface area contributed by atoms with Gasteiger partial charge in [0, 0.05) is 17.6 Å². The van der Waals surface area contributed by atoms with Crippen LogP contribution in [0.5, 0.6) is 0 Å². The highest BCUT2D eigenvalue weighted by atomic mass is 31.1. The molecule has 0 aromatic rings. The van der Waals surface area contributed by atoms with Crippen molar-refractivity contribution < 1.29 is 33.7 Å². The summed E-state index contributed by atoms with van der Waals surface area (Å²) >= 11 is 0. The molecule has 1 fully saturated rings. The van der Waals surface area contributed by atoms with Gasteiger partial charge in [-0.1, -0.05) is 6.92 Å². The van der Waals surface area contributed by atoms with Gasteiger partial charge in [-0.2, -0.15) is 0 Å². The first-order valence-electron chi connectivity index (χ1n) is 4.80. The molecular weight excluding hydrogens is 239 g/mol. The van der Waals surface area contributed by atoms with Gasteiger partial charge >= 0.3 is 8.25 Å². The third kappa shape index (κ3) is 3.18. The monoisotopic (exact) mass is 255 g/mol. The Morgan fingerprint density at radius 1 is 1.38 bits per heavy atom. The van der Waals surface area contributed by atoms with Crippen molar-refractivity contribution >= 4 is 8.25 Å². The van der Waals surface area contributed by atoms with Crippen LogP contribution >= 0.6 is 8.25 Å². The lowest BCUT2D eigenvalue weighted by molar-refractivity contribution is -0.273. The topological polar surface area (TPSA) is 105 Å². The molecule has 8 heteroatoms. The molecule has 0 bridgehead atoms. The molecule has 0 radical (unpaired) electrons. The number of ether oxygens (including phenoxy) is 2. The van der Waals surface area contributed by atoms with E-state index >= 15 is 0 Å². The highest BCUT2D eigenvalue weighted by Crippen LogP contribution is 2.28. The molecule has 1 saturated heterocycles. The zero-order chi connectivity index (χ0) is 12.3. The maximum Gasteiger partial charge on any atom is 0.694 e. The molecule has 94 valence electrons. The Kier molecular flexibility index (Phi) is 5.20. The lowest BCUT2D eigenvalue weighted by Crippen LogP contribution is -2.55. The van der Waals surface area contributed by atoms with E-state index in [2.05, 4.69) is 4.52 Å². The fourth-order valence-electron chi connectivity index (χ4n) is 1.61. The Balaban J connectivity index is 2.60. The molecule has 1 aliphatic rings. The van der Waals surface area contributed by atoms with Crippen molar-refractivity contribution in [2.75, 3.05) is 13.7 Å². The Morgan fingerprint density at radius 3 is 2.50 bits per heavy atom. The number of aliphatic hydroxyl groups excluding tert-OH is 2. The van der Waals surface area contributed by atoms with Crippen LogP contribution in [0.15, 0.2) is 0 Å². The molecular formula is C8H16O7P+. The van der Waals surface area contributed by atoms with Crippen molar-refractivity contribution in [2.45, 2.75) is 31.5 Å². The second-order valence-corrected chi connectivity index (χ2v) is 4.39. The number of hydrogen-bond acceptors (Lipinski definition) is 6. The fourth-order valence-corrected chi connectivity index (χ4v) is 1.89. The molecule has 1 rings (SSSR count). The summed E-state index contributed by atoms with van der Waals surface area (Å²) in [5, 5.41) is 19.3. The van der Waals surface area contributed by atoms with Crippen molar-refractivity contribution in [1.29, 1.82) is 0 Å². The molecule has 0 aromatic carbocycles. The lowest BCUT2D eigenvalue weighted by atomic mass is 9.93. The molecule has 6 atom stereocenters. The van der Waals surface area contributed by atoms with Crippen LogP contribution in [0.1, 0.15) is 6.92 Å². The number of methoxy groups -OCH3 is 1. The highest BCUT2D eigenvalue weighted by Gasteiger charge is 2.43. The van der Waals surface area contributed by atoms with Crippen molar-refractivity contribution in [3.05, 3.63) is 0 Å². The molecule has 0 spiro atoms. The molecule has 16 heavy (non-hydrogen) atoms. The molecule has 3 N–H and O–H groups in total. The number of rotatable bonds is 4. The van der Waals surface area contributed by atoms with Crippen LogP contribution in [0.25, 0.3) is 0 Å². The Labute approximate surface area is 93.9 Å². The maximum atomic E-state index is 10.3. The van der Waals surface area contributed by atoms with Gasteiger partial charge in [0.15, 0.2) is 6.29 Å². The Bertz CT molecular complexity index is 247. The molecule has 1 heterocycles. The average molecular weight is 255 g/mol.